The lowest BCUT2D eigenvalue weighted by Gasteiger charge is -2.12. The van der Waals surface area contributed by atoms with E-state index in [0.717, 1.165) is 13.6 Å². The second-order valence-electron chi connectivity index (χ2n) is 5.87. The summed E-state index contributed by atoms with van der Waals surface area (Å²) in [7, 11) is 1.61. The molecule has 0 spiro atoms. The third kappa shape index (κ3) is 4.22. The molecule has 2 aromatic carbocycles. The number of aryl methyl sites for hydroxylation is 1. The Bertz CT molecular complexity index is 1110. The zero-order valence-corrected chi connectivity index (χ0v) is 19.4. The Labute approximate surface area is 184 Å². The van der Waals surface area contributed by atoms with Gasteiger partial charge in [-0.15, -0.1) is 0 Å². The van der Waals surface area contributed by atoms with E-state index in [1.165, 1.54) is 4.68 Å². The first kappa shape index (κ1) is 20.8. The third-order valence-corrected chi connectivity index (χ3v) is 5.34. The molecule has 28 heavy (non-hydrogen) atoms. The summed E-state index contributed by atoms with van der Waals surface area (Å²) in [6, 6.07) is 9.23. The van der Waals surface area contributed by atoms with Gasteiger partial charge in [-0.25, -0.2) is 4.98 Å². The van der Waals surface area contributed by atoms with E-state index < -0.39 is 0 Å². The fourth-order valence-corrected chi connectivity index (χ4v) is 4.00. The highest BCUT2D eigenvalue weighted by Gasteiger charge is 2.12. The van der Waals surface area contributed by atoms with Crippen LogP contribution in [0.4, 0.5) is 0 Å². The van der Waals surface area contributed by atoms with Gasteiger partial charge in [0.05, 0.1) is 34.4 Å². The van der Waals surface area contributed by atoms with Crippen molar-refractivity contribution in [2.24, 2.45) is 5.10 Å². The van der Waals surface area contributed by atoms with E-state index >= 15 is 0 Å². The van der Waals surface area contributed by atoms with E-state index in [1.54, 1.807) is 19.4 Å². The van der Waals surface area contributed by atoms with Crippen LogP contribution in [0.1, 0.15) is 25.2 Å². The van der Waals surface area contributed by atoms with Gasteiger partial charge in [0.25, 0.3) is 5.56 Å². The van der Waals surface area contributed by atoms with Crippen molar-refractivity contribution in [2.75, 3.05) is 13.7 Å². The summed E-state index contributed by atoms with van der Waals surface area (Å²) in [5, 5.41) is 4.94. The molecule has 0 saturated carbocycles. The standard InChI is InChI=1S/C20H19BrIN3O3/c1-4-18-24-16-7-6-13(21)10-14(16)20(26)25(18)23-11-12-8-15(22)19(27-3)17(9-12)28-5-2/h6-11H,4-5H2,1-3H3. The Kier molecular flexibility index (Phi) is 6.71. The highest BCUT2D eigenvalue weighted by atomic mass is 127. The number of hydrogen-bond donors (Lipinski definition) is 0. The minimum absolute atomic E-state index is 0.201. The fourth-order valence-electron chi connectivity index (χ4n) is 2.79. The average Bonchev–Trinajstić information content (AvgIpc) is 2.67. The van der Waals surface area contributed by atoms with Crippen LogP contribution in [0.3, 0.4) is 0 Å². The Balaban J connectivity index is 2.10. The second kappa shape index (κ2) is 9.04. The van der Waals surface area contributed by atoms with Crippen LogP contribution in [0.15, 0.2) is 44.7 Å². The maximum absolute atomic E-state index is 13.0. The summed E-state index contributed by atoms with van der Waals surface area (Å²) >= 11 is 5.59. The summed E-state index contributed by atoms with van der Waals surface area (Å²) in [6.07, 6.45) is 2.22. The molecular formula is C20H19BrIN3O3. The Morgan fingerprint density at radius 1 is 1.29 bits per heavy atom. The molecule has 1 aromatic heterocycles. The second-order valence-corrected chi connectivity index (χ2v) is 7.95. The van der Waals surface area contributed by atoms with Gasteiger partial charge in [0, 0.05) is 10.9 Å². The molecule has 0 aliphatic carbocycles. The molecule has 0 atom stereocenters. The number of methoxy groups -OCH3 is 1. The van der Waals surface area contributed by atoms with Gasteiger partial charge in [-0.3, -0.25) is 4.79 Å². The summed E-state index contributed by atoms with van der Waals surface area (Å²) in [4.78, 5) is 17.5. The van der Waals surface area contributed by atoms with E-state index in [4.69, 9.17) is 9.47 Å². The van der Waals surface area contributed by atoms with Crippen molar-refractivity contribution in [1.82, 2.24) is 9.66 Å². The van der Waals surface area contributed by atoms with Crippen molar-refractivity contribution < 1.29 is 9.47 Å². The molecule has 0 fully saturated rings. The topological polar surface area (TPSA) is 65.7 Å². The van der Waals surface area contributed by atoms with Gasteiger partial charge in [0.2, 0.25) is 0 Å². The molecule has 3 aromatic rings. The maximum atomic E-state index is 13.0. The number of rotatable bonds is 6. The van der Waals surface area contributed by atoms with Crippen molar-refractivity contribution >= 4 is 55.6 Å². The van der Waals surface area contributed by atoms with E-state index in [-0.39, 0.29) is 5.56 Å². The van der Waals surface area contributed by atoms with Crippen LogP contribution in [0, 0.1) is 3.57 Å². The number of ether oxygens (including phenoxy) is 2. The average molecular weight is 556 g/mol. The molecule has 0 aliphatic rings. The first-order chi connectivity index (χ1) is 13.5. The smallest absolute Gasteiger partial charge is 0.282 e. The molecule has 146 valence electrons. The van der Waals surface area contributed by atoms with Crippen molar-refractivity contribution in [3.8, 4) is 11.5 Å². The van der Waals surface area contributed by atoms with Crippen LogP contribution in [0.2, 0.25) is 0 Å². The highest BCUT2D eigenvalue weighted by molar-refractivity contribution is 14.1. The van der Waals surface area contributed by atoms with Gasteiger partial charge < -0.3 is 9.47 Å². The van der Waals surface area contributed by atoms with Gasteiger partial charge in [-0.2, -0.15) is 9.78 Å². The normalized spacial score (nSPS) is 11.3. The number of aromatic nitrogens is 2. The van der Waals surface area contributed by atoms with Gasteiger partial charge in [0.15, 0.2) is 11.5 Å². The molecule has 6 nitrogen and oxygen atoms in total. The Morgan fingerprint density at radius 2 is 2.07 bits per heavy atom. The van der Waals surface area contributed by atoms with E-state index in [1.807, 2.05) is 38.1 Å². The minimum Gasteiger partial charge on any atom is -0.492 e. The summed E-state index contributed by atoms with van der Waals surface area (Å²) in [6.45, 7) is 4.39. The Hall–Kier alpha value is -1.94. The quantitative estimate of drug-likeness (QED) is 0.329. The van der Waals surface area contributed by atoms with Crippen molar-refractivity contribution in [3.05, 3.63) is 60.1 Å². The SMILES string of the molecule is CCOc1cc(C=Nn2c(CC)nc3ccc(Br)cc3c2=O)cc(I)c1OC. The third-order valence-electron chi connectivity index (χ3n) is 4.05. The van der Waals surface area contributed by atoms with Gasteiger partial charge in [-0.05, 0) is 65.4 Å². The molecule has 0 unspecified atom stereocenters. The van der Waals surface area contributed by atoms with Gasteiger partial charge in [0.1, 0.15) is 5.82 Å². The summed E-state index contributed by atoms with van der Waals surface area (Å²) < 4.78 is 14.2. The predicted octanol–water partition coefficient (Wildman–Crippen LogP) is 4.62. The summed E-state index contributed by atoms with van der Waals surface area (Å²) in [5.41, 5.74) is 1.26. The van der Waals surface area contributed by atoms with E-state index in [0.29, 0.717) is 41.3 Å². The number of nitrogens with zero attached hydrogens (tertiary/aromatic N) is 3. The fraction of sp³-hybridized carbons (Fsp3) is 0.250. The predicted molar refractivity (Wildman–Crippen MR) is 123 cm³/mol. The zero-order valence-electron chi connectivity index (χ0n) is 15.7. The maximum Gasteiger partial charge on any atom is 0.282 e. The van der Waals surface area contributed by atoms with Crippen LogP contribution in [-0.2, 0) is 6.42 Å². The first-order valence-electron chi connectivity index (χ1n) is 8.74. The highest BCUT2D eigenvalue weighted by Crippen LogP contribution is 2.33. The molecule has 0 saturated heterocycles. The van der Waals surface area contributed by atoms with Gasteiger partial charge >= 0.3 is 0 Å². The molecule has 1 heterocycles. The Morgan fingerprint density at radius 3 is 2.75 bits per heavy atom. The molecule has 0 N–H and O–H groups in total. The van der Waals surface area contributed by atoms with Crippen molar-refractivity contribution in [3.63, 3.8) is 0 Å². The lowest BCUT2D eigenvalue weighted by Crippen LogP contribution is -2.22. The van der Waals surface area contributed by atoms with Crippen LogP contribution < -0.4 is 15.0 Å². The number of halogens is 2. The van der Waals surface area contributed by atoms with E-state index in [9.17, 15) is 4.79 Å². The molecule has 8 heteroatoms. The van der Waals surface area contributed by atoms with Crippen molar-refractivity contribution in [1.29, 1.82) is 0 Å². The van der Waals surface area contributed by atoms with Gasteiger partial charge in [-0.1, -0.05) is 22.9 Å². The number of benzene rings is 2. The summed E-state index contributed by atoms with van der Waals surface area (Å²) in [5.74, 6) is 1.93. The first-order valence-corrected chi connectivity index (χ1v) is 10.6. The van der Waals surface area contributed by atoms with Crippen LogP contribution >= 0.6 is 38.5 Å². The number of hydrogen-bond acceptors (Lipinski definition) is 5. The number of fused-ring (bicyclic) bond motifs is 1. The van der Waals surface area contributed by atoms with E-state index in [2.05, 4.69) is 48.6 Å². The molecule has 0 bridgehead atoms. The molecule has 0 amide bonds. The molecule has 0 aliphatic heterocycles. The molecule has 3 rings (SSSR count). The molecule has 0 radical (unpaired) electrons. The largest absolute Gasteiger partial charge is 0.492 e. The van der Waals surface area contributed by atoms with Crippen molar-refractivity contribution in [2.45, 2.75) is 20.3 Å². The zero-order chi connectivity index (χ0) is 20.3. The van der Waals surface area contributed by atoms with Crippen LogP contribution in [0.25, 0.3) is 10.9 Å². The van der Waals surface area contributed by atoms with Crippen LogP contribution in [0.5, 0.6) is 11.5 Å². The molecular weight excluding hydrogens is 537 g/mol. The van der Waals surface area contributed by atoms with Crippen LogP contribution in [-0.4, -0.2) is 29.6 Å². The monoisotopic (exact) mass is 555 g/mol. The lowest BCUT2D eigenvalue weighted by molar-refractivity contribution is 0.309. The minimum atomic E-state index is -0.201. The lowest BCUT2D eigenvalue weighted by atomic mass is 10.2.